The van der Waals surface area contributed by atoms with E-state index in [9.17, 15) is 14.9 Å². The molecular weight excluding hydrogens is 250 g/mol. The third-order valence-corrected chi connectivity index (χ3v) is 2.60. The van der Waals surface area contributed by atoms with E-state index in [1.807, 2.05) is 0 Å². The van der Waals surface area contributed by atoms with Crippen LogP contribution in [0.3, 0.4) is 0 Å². The topological polar surface area (TPSA) is 116 Å². The normalized spacial score (nSPS) is 10.2. The molecule has 0 amide bonds. The predicted octanol–water partition coefficient (Wildman–Crippen LogP) is 0.485. The third kappa shape index (κ3) is 2.58. The number of nitro groups is 1. The zero-order chi connectivity index (χ0) is 13.8. The smallest absolute Gasteiger partial charge is 0.293 e. The zero-order valence-corrected chi connectivity index (χ0v) is 9.81. The number of anilines is 1. The minimum absolute atomic E-state index is 0.142. The van der Waals surface area contributed by atoms with Gasteiger partial charge in [0, 0.05) is 23.9 Å². The lowest BCUT2D eigenvalue weighted by Crippen LogP contribution is -2.21. The van der Waals surface area contributed by atoms with E-state index in [1.165, 1.54) is 35.3 Å². The Kier molecular flexibility index (Phi) is 3.53. The van der Waals surface area contributed by atoms with Gasteiger partial charge in [-0.15, -0.1) is 0 Å². The zero-order valence-electron chi connectivity index (χ0n) is 9.81. The summed E-state index contributed by atoms with van der Waals surface area (Å²) in [5.74, 6) is 5.32. The van der Waals surface area contributed by atoms with Crippen molar-refractivity contribution in [3.05, 3.63) is 62.8 Å². The maximum atomic E-state index is 11.6. The monoisotopic (exact) mass is 261 g/mol. The van der Waals surface area contributed by atoms with Crippen molar-refractivity contribution in [3.63, 3.8) is 0 Å². The number of hydrazine groups is 1. The van der Waals surface area contributed by atoms with Crippen LogP contribution in [0.15, 0.2) is 41.6 Å². The largest absolute Gasteiger partial charge is 0.318 e. The van der Waals surface area contributed by atoms with Gasteiger partial charge < -0.3 is 5.43 Å². The summed E-state index contributed by atoms with van der Waals surface area (Å²) in [6, 6.07) is 5.84. The summed E-state index contributed by atoms with van der Waals surface area (Å²) in [6.07, 6.45) is 2.75. The second kappa shape index (κ2) is 5.27. The fourth-order valence-electron chi connectivity index (χ4n) is 1.72. The van der Waals surface area contributed by atoms with Gasteiger partial charge in [-0.1, -0.05) is 12.1 Å². The standard InChI is InChI=1S/C11H11N5O3/c12-14-11-8(2-1-3-9(11)16(18)19)6-15-7-13-5-4-10(15)17/h1-5,7,14H,6,12H2. The van der Waals surface area contributed by atoms with Crippen LogP contribution < -0.4 is 16.8 Å². The molecular formula is C11H11N5O3. The number of benzene rings is 1. The Morgan fingerprint density at radius 3 is 2.84 bits per heavy atom. The highest BCUT2D eigenvalue weighted by Gasteiger charge is 2.16. The number of nitrogen functional groups attached to an aromatic ring is 1. The first-order valence-electron chi connectivity index (χ1n) is 5.37. The summed E-state index contributed by atoms with van der Waals surface area (Å²) < 4.78 is 1.33. The number of nitro benzene ring substituents is 1. The van der Waals surface area contributed by atoms with Gasteiger partial charge in [-0.05, 0) is 0 Å². The fourth-order valence-corrected chi connectivity index (χ4v) is 1.72. The molecule has 0 spiro atoms. The van der Waals surface area contributed by atoms with E-state index in [0.29, 0.717) is 5.56 Å². The molecule has 98 valence electrons. The van der Waals surface area contributed by atoms with Crippen LogP contribution in [-0.2, 0) is 6.54 Å². The Balaban J connectivity index is 2.46. The molecule has 8 heteroatoms. The molecule has 0 atom stereocenters. The van der Waals surface area contributed by atoms with Crippen molar-refractivity contribution in [2.75, 3.05) is 5.43 Å². The van der Waals surface area contributed by atoms with Crippen LogP contribution in [0.1, 0.15) is 5.56 Å². The van der Waals surface area contributed by atoms with Gasteiger partial charge >= 0.3 is 0 Å². The second-order valence-electron chi connectivity index (χ2n) is 3.76. The minimum Gasteiger partial charge on any atom is -0.318 e. The molecule has 0 fully saturated rings. The summed E-state index contributed by atoms with van der Waals surface area (Å²) in [5.41, 5.74) is 2.64. The fraction of sp³-hybridized carbons (Fsp3) is 0.0909. The average Bonchev–Trinajstić information content (AvgIpc) is 2.41. The minimum atomic E-state index is -0.537. The molecule has 0 aliphatic carbocycles. The van der Waals surface area contributed by atoms with Gasteiger partial charge in [-0.2, -0.15) is 0 Å². The van der Waals surface area contributed by atoms with E-state index in [4.69, 9.17) is 5.84 Å². The molecule has 1 aromatic carbocycles. The molecule has 2 aromatic rings. The Morgan fingerprint density at radius 1 is 1.42 bits per heavy atom. The number of nitrogens with two attached hydrogens (primary N) is 1. The van der Waals surface area contributed by atoms with E-state index in [-0.39, 0.29) is 23.5 Å². The van der Waals surface area contributed by atoms with Gasteiger partial charge in [0.05, 0.1) is 17.8 Å². The maximum absolute atomic E-state index is 11.6. The van der Waals surface area contributed by atoms with Crippen LogP contribution in [0.5, 0.6) is 0 Å². The van der Waals surface area contributed by atoms with Crippen molar-refractivity contribution in [2.45, 2.75) is 6.54 Å². The first kappa shape index (κ1) is 12.7. The summed E-state index contributed by atoms with van der Waals surface area (Å²) in [5, 5.41) is 10.9. The van der Waals surface area contributed by atoms with E-state index >= 15 is 0 Å². The Morgan fingerprint density at radius 2 is 2.21 bits per heavy atom. The van der Waals surface area contributed by atoms with Crippen molar-refractivity contribution in [1.29, 1.82) is 0 Å². The van der Waals surface area contributed by atoms with Crippen molar-refractivity contribution in [1.82, 2.24) is 9.55 Å². The first-order chi connectivity index (χ1) is 9.13. The summed E-state index contributed by atoms with van der Waals surface area (Å²) in [6.45, 7) is 0.147. The van der Waals surface area contributed by atoms with Gasteiger partial charge in [0.25, 0.3) is 11.2 Å². The van der Waals surface area contributed by atoms with Crippen LogP contribution >= 0.6 is 0 Å². The molecule has 0 bridgehead atoms. The van der Waals surface area contributed by atoms with Crippen molar-refractivity contribution in [2.24, 2.45) is 5.84 Å². The first-order valence-corrected chi connectivity index (χ1v) is 5.37. The van der Waals surface area contributed by atoms with Crippen LogP contribution in [0.4, 0.5) is 11.4 Å². The number of hydrogen-bond donors (Lipinski definition) is 2. The van der Waals surface area contributed by atoms with E-state index in [2.05, 4.69) is 10.4 Å². The van der Waals surface area contributed by atoms with Gasteiger partial charge in [0.15, 0.2) is 0 Å². The number of nitrogens with zero attached hydrogens (tertiary/aromatic N) is 3. The molecule has 2 rings (SSSR count). The van der Waals surface area contributed by atoms with Gasteiger partial charge in [0.2, 0.25) is 0 Å². The average molecular weight is 261 g/mol. The molecule has 0 saturated heterocycles. The molecule has 1 aromatic heterocycles. The molecule has 0 aliphatic heterocycles. The molecule has 0 saturated carbocycles. The van der Waals surface area contributed by atoms with Gasteiger partial charge in [-0.25, -0.2) is 4.98 Å². The summed E-state index contributed by atoms with van der Waals surface area (Å²) in [7, 11) is 0. The summed E-state index contributed by atoms with van der Waals surface area (Å²) >= 11 is 0. The molecule has 19 heavy (non-hydrogen) atoms. The quantitative estimate of drug-likeness (QED) is 0.470. The van der Waals surface area contributed by atoms with Gasteiger partial charge in [-0.3, -0.25) is 25.3 Å². The molecule has 1 heterocycles. The van der Waals surface area contributed by atoms with Crippen LogP contribution in [-0.4, -0.2) is 14.5 Å². The highest BCUT2D eigenvalue weighted by Crippen LogP contribution is 2.27. The SMILES string of the molecule is NNc1c(Cn2cnccc2=O)cccc1[N+](=O)[O-]. The van der Waals surface area contributed by atoms with Crippen molar-refractivity contribution < 1.29 is 4.92 Å². The third-order valence-electron chi connectivity index (χ3n) is 2.60. The van der Waals surface area contributed by atoms with E-state index < -0.39 is 4.92 Å². The summed E-state index contributed by atoms with van der Waals surface area (Å²) in [4.78, 5) is 25.8. The Bertz CT molecular complexity index is 667. The highest BCUT2D eigenvalue weighted by atomic mass is 16.6. The number of aromatic nitrogens is 2. The van der Waals surface area contributed by atoms with E-state index in [0.717, 1.165) is 0 Å². The number of para-hydroxylation sites is 1. The Hall–Kier alpha value is -2.74. The van der Waals surface area contributed by atoms with Gasteiger partial charge in [0.1, 0.15) is 5.69 Å². The lowest BCUT2D eigenvalue weighted by molar-refractivity contribution is -0.384. The lowest BCUT2D eigenvalue weighted by Gasteiger charge is -2.10. The highest BCUT2D eigenvalue weighted by molar-refractivity contribution is 5.65. The molecule has 3 N–H and O–H groups in total. The number of rotatable bonds is 4. The molecule has 0 unspecified atom stereocenters. The van der Waals surface area contributed by atoms with Crippen molar-refractivity contribution >= 4 is 11.4 Å². The Labute approximate surface area is 107 Å². The molecule has 0 radical (unpaired) electrons. The molecule has 0 aliphatic rings. The van der Waals surface area contributed by atoms with E-state index in [1.54, 1.807) is 6.07 Å². The van der Waals surface area contributed by atoms with Crippen LogP contribution in [0.2, 0.25) is 0 Å². The van der Waals surface area contributed by atoms with Crippen LogP contribution in [0.25, 0.3) is 0 Å². The van der Waals surface area contributed by atoms with Crippen LogP contribution in [0, 0.1) is 10.1 Å². The molecule has 8 nitrogen and oxygen atoms in total. The number of nitrogens with one attached hydrogen (secondary N) is 1. The predicted molar refractivity (Wildman–Crippen MR) is 68.5 cm³/mol. The lowest BCUT2D eigenvalue weighted by atomic mass is 10.1. The second-order valence-corrected chi connectivity index (χ2v) is 3.76. The number of hydrogen-bond acceptors (Lipinski definition) is 6. The maximum Gasteiger partial charge on any atom is 0.293 e. The van der Waals surface area contributed by atoms with Crippen molar-refractivity contribution in [3.8, 4) is 0 Å².